The van der Waals surface area contributed by atoms with E-state index in [1.165, 1.54) is 29.5 Å². The van der Waals surface area contributed by atoms with E-state index in [4.69, 9.17) is 17.3 Å². The molecule has 1 unspecified atom stereocenters. The molecule has 2 N–H and O–H groups in total. The fourth-order valence-corrected chi connectivity index (χ4v) is 3.34. The van der Waals surface area contributed by atoms with E-state index in [1.807, 2.05) is 13.0 Å². The molecule has 1 saturated carbocycles. The Labute approximate surface area is 125 Å². The first-order valence-corrected chi connectivity index (χ1v) is 7.50. The van der Waals surface area contributed by atoms with Gasteiger partial charge < -0.3 is 5.73 Å². The molecular formula is C18H20ClN. The van der Waals surface area contributed by atoms with E-state index in [9.17, 15) is 0 Å². The summed E-state index contributed by atoms with van der Waals surface area (Å²) < 4.78 is 0. The molecule has 0 aliphatic heterocycles. The number of rotatable bonds is 3. The summed E-state index contributed by atoms with van der Waals surface area (Å²) in [4.78, 5) is 0. The summed E-state index contributed by atoms with van der Waals surface area (Å²) in [5, 5.41) is 0.822. The van der Waals surface area contributed by atoms with Crippen molar-refractivity contribution in [3.05, 3.63) is 69.7 Å². The summed E-state index contributed by atoms with van der Waals surface area (Å²) in [6, 6.07) is 14.9. The number of nitrogens with two attached hydrogens (primary N) is 1. The molecule has 0 heterocycles. The highest BCUT2D eigenvalue weighted by atomic mass is 35.5. The maximum atomic E-state index is 6.64. The number of halogens is 1. The minimum absolute atomic E-state index is 0.0425. The van der Waals surface area contributed by atoms with Gasteiger partial charge in [-0.2, -0.15) is 0 Å². The van der Waals surface area contributed by atoms with E-state index in [-0.39, 0.29) is 11.5 Å². The molecule has 1 fully saturated rings. The molecule has 3 rings (SSSR count). The Kier molecular flexibility index (Phi) is 3.35. The van der Waals surface area contributed by atoms with Gasteiger partial charge in [0.25, 0.3) is 0 Å². The van der Waals surface area contributed by atoms with E-state index in [2.05, 4.69) is 43.3 Å². The molecule has 104 valence electrons. The molecule has 0 spiro atoms. The van der Waals surface area contributed by atoms with Crippen LogP contribution >= 0.6 is 11.6 Å². The lowest BCUT2D eigenvalue weighted by atomic mass is 9.82. The van der Waals surface area contributed by atoms with Crippen LogP contribution in [0.3, 0.4) is 0 Å². The van der Waals surface area contributed by atoms with Crippen molar-refractivity contribution in [2.75, 3.05) is 0 Å². The SMILES string of the molecule is Cc1cc(C(N)C2(c3ccccc3)CC2)c(C)cc1Cl. The fraction of sp³-hybridized carbons (Fsp3) is 0.333. The molecule has 2 heteroatoms. The van der Waals surface area contributed by atoms with Gasteiger partial charge in [-0.05, 0) is 55.0 Å². The molecule has 0 saturated heterocycles. The van der Waals surface area contributed by atoms with E-state index < -0.39 is 0 Å². The third-order valence-corrected chi connectivity index (χ3v) is 5.02. The third-order valence-electron chi connectivity index (χ3n) is 4.62. The Bertz CT molecular complexity index is 629. The van der Waals surface area contributed by atoms with Gasteiger partial charge in [-0.25, -0.2) is 0 Å². The first kappa shape index (κ1) is 13.7. The zero-order valence-electron chi connectivity index (χ0n) is 12.0. The van der Waals surface area contributed by atoms with E-state index in [0.29, 0.717) is 0 Å². The van der Waals surface area contributed by atoms with Gasteiger partial charge >= 0.3 is 0 Å². The topological polar surface area (TPSA) is 26.0 Å². The van der Waals surface area contributed by atoms with Gasteiger partial charge in [0.05, 0.1) is 0 Å². The van der Waals surface area contributed by atoms with Crippen molar-refractivity contribution in [2.45, 2.75) is 38.1 Å². The Hall–Kier alpha value is -1.31. The third kappa shape index (κ3) is 2.15. The molecule has 2 aromatic carbocycles. The van der Waals surface area contributed by atoms with Crippen LogP contribution in [0, 0.1) is 13.8 Å². The van der Waals surface area contributed by atoms with Crippen LogP contribution in [0.5, 0.6) is 0 Å². The van der Waals surface area contributed by atoms with Crippen LogP contribution in [0.4, 0.5) is 0 Å². The lowest BCUT2D eigenvalue weighted by Crippen LogP contribution is -2.27. The highest BCUT2D eigenvalue weighted by Gasteiger charge is 2.49. The lowest BCUT2D eigenvalue weighted by Gasteiger charge is -2.26. The second kappa shape index (κ2) is 4.91. The fourth-order valence-electron chi connectivity index (χ4n) is 3.12. The van der Waals surface area contributed by atoms with Crippen LogP contribution in [0.15, 0.2) is 42.5 Å². The summed E-state index contributed by atoms with van der Waals surface area (Å²) in [5.41, 5.74) is 11.6. The summed E-state index contributed by atoms with van der Waals surface area (Å²) in [6.07, 6.45) is 2.33. The van der Waals surface area contributed by atoms with Crippen LogP contribution < -0.4 is 5.73 Å². The van der Waals surface area contributed by atoms with Crippen LogP contribution in [0.1, 0.15) is 41.1 Å². The van der Waals surface area contributed by atoms with Crippen molar-refractivity contribution in [2.24, 2.45) is 5.73 Å². The Balaban J connectivity index is 2.01. The number of benzene rings is 2. The molecule has 2 aromatic rings. The normalized spacial score (nSPS) is 17.8. The van der Waals surface area contributed by atoms with Crippen molar-refractivity contribution in [3.8, 4) is 0 Å². The number of hydrogen-bond acceptors (Lipinski definition) is 1. The smallest absolute Gasteiger partial charge is 0.0438 e. The van der Waals surface area contributed by atoms with Crippen LogP contribution in [-0.4, -0.2) is 0 Å². The first-order valence-electron chi connectivity index (χ1n) is 7.12. The molecule has 20 heavy (non-hydrogen) atoms. The predicted octanol–water partition coefficient (Wildman–Crippen LogP) is 4.69. The first-order chi connectivity index (χ1) is 9.54. The van der Waals surface area contributed by atoms with Gasteiger partial charge in [0.15, 0.2) is 0 Å². The summed E-state index contributed by atoms with van der Waals surface area (Å²) in [5.74, 6) is 0. The molecular weight excluding hydrogens is 266 g/mol. The second-order valence-corrected chi connectivity index (χ2v) is 6.37. The largest absolute Gasteiger partial charge is 0.323 e. The van der Waals surface area contributed by atoms with Crippen LogP contribution in [0.25, 0.3) is 0 Å². The average Bonchev–Trinajstić information content (AvgIpc) is 3.25. The highest BCUT2D eigenvalue weighted by Crippen LogP contribution is 2.56. The van der Waals surface area contributed by atoms with Gasteiger partial charge in [-0.15, -0.1) is 0 Å². The predicted molar refractivity (Wildman–Crippen MR) is 85.2 cm³/mol. The van der Waals surface area contributed by atoms with Gasteiger partial charge in [0.1, 0.15) is 0 Å². The van der Waals surface area contributed by atoms with Crippen LogP contribution in [-0.2, 0) is 5.41 Å². The number of aryl methyl sites for hydroxylation is 2. The summed E-state index contributed by atoms with van der Waals surface area (Å²) in [6.45, 7) is 4.14. The minimum Gasteiger partial charge on any atom is -0.323 e. The summed E-state index contributed by atoms with van der Waals surface area (Å²) >= 11 is 6.20. The molecule has 0 radical (unpaired) electrons. The molecule has 0 bridgehead atoms. The van der Waals surface area contributed by atoms with Crippen LogP contribution in [0.2, 0.25) is 5.02 Å². The standard InChI is InChI=1S/C18H20ClN/c1-12-11-16(19)13(2)10-15(12)17(20)18(8-9-18)14-6-4-3-5-7-14/h3-7,10-11,17H,8-9,20H2,1-2H3. The second-order valence-electron chi connectivity index (χ2n) is 5.96. The van der Waals surface area contributed by atoms with Gasteiger partial charge in [-0.3, -0.25) is 0 Å². The maximum absolute atomic E-state index is 6.64. The highest BCUT2D eigenvalue weighted by molar-refractivity contribution is 6.31. The van der Waals surface area contributed by atoms with Crippen molar-refractivity contribution >= 4 is 11.6 Å². The van der Waals surface area contributed by atoms with Crippen molar-refractivity contribution < 1.29 is 0 Å². The number of hydrogen-bond donors (Lipinski definition) is 1. The Morgan fingerprint density at radius 1 is 1.05 bits per heavy atom. The summed E-state index contributed by atoms with van der Waals surface area (Å²) in [7, 11) is 0. The van der Waals surface area contributed by atoms with Gasteiger partial charge in [0, 0.05) is 16.5 Å². The Morgan fingerprint density at radius 3 is 2.30 bits per heavy atom. The van der Waals surface area contributed by atoms with Crippen molar-refractivity contribution in [3.63, 3.8) is 0 Å². The molecule has 1 aliphatic rings. The molecule has 0 amide bonds. The molecule has 0 aromatic heterocycles. The van der Waals surface area contributed by atoms with Gasteiger partial charge in [-0.1, -0.05) is 48.0 Å². The molecule has 1 aliphatic carbocycles. The lowest BCUT2D eigenvalue weighted by molar-refractivity contribution is 0.539. The quantitative estimate of drug-likeness (QED) is 0.870. The minimum atomic E-state index is 0.0425. The average molecular weight is 286 g/mol. The zero-order chi connectivity index (χ0) is 14.3. The van der Waals surface area contributed by atoms with E-state index in [0.717, 1.165) is 10.6 Å². The van der Waals surface area contributed by atoms with Gasteiger partial charge in [0.2, 0.25) is 0 Å². The Morgan fingerprint density at radius 2 is 1.70 bits per heavy atom. The monoisotopic (exact) mass is 285 g/mol. The van der Waals surface area contributed by atoms with E-state index in [1.54, 1.807) is 0 Å². The van der Waals surface area contributed by atoms with E-state index >= 15 is 0 Å². The maximum Gasteiger partial charge on any atom is 0.0438 e. The van der Waals surface area contributed by atoms with Crippen molar-refractivity contribution in [1.82, 2.24) is 0 Å². The molecule has 1 nitrogen and oxygen atoms in total. The zero-order valence-corrected chi connectivity index (χ0v) is 12.7. The van der Waals surface area contributed by atoms with Crippen molar-refractivity contribution in [1.29, 1.82) is 0 Å². The molecule has 1 atom stereocenters.